The highest BCUT2D eigenvalue weighted by atomic mass is 15.0. The number of nitrogens with two attached hydrogens (primary N) is 1. The predicted octanol–water partition coefficient (Wildman–Crippen LogP) is 2.36. The maximum atomic E-state index is 5.66. The molecule has 3 N–H and O–H groups in total. The zero-order valence-corrected chi connectivity index (χ0v) is 9.87. The number of aromatic nitrogens is 2. The molecule has 1 aromatic heterocycles. The number of nitrogen functional groups attached to an aromatic ring is 1. The quantitative estimate of drug-likeness (QED) is 0.817. The largest absolute Gasteiger partial charge is 0.384 e. The van der Waals surface area contributed by atoms with Crippen molar-refractivity contribution < 1.29 is 0 Å². The highest BCUT2D eigenvalue weighted by molar-refractivity contribution is 5.44. The van der Waals surface area contributed by atoms with Gasteiger partial charge in [-0.1, -0.05) is 25.7 Å². The molecule has 0 saturated heterocycles. The van der Waals surface area contributed by atoms with Gasteiger partial charge in [0.25, 0.3) is 0 Å². The van der Waals surface area contributed by atoms with Crippen molar-refractivity contribution in [2.75, 3.05) is 17.6 Å². The van der Waals surface area contributed by atoms with E-state index < -0.39 is 0 Å². The third-order valence-corrected chi connectivity index (χ3v) is 3.19. The van der Waals surface area contributed by atoms with Crippen molar-refractivity contribution in [2.24, 2.45) is 5.92 Å². The summed E-state index contributed by atoms with van der Waals surface area (Å²) in [6.07, 6.45) is 6.84. The molecule has 0 amide bonds. The molecule has 0 aliphatic heterocycles. The van der Waals surface area contributed by atoms with Crippen LogP contribution in [-0.4, -0.2) is 16.5 Å². The van der Waals surface area contributed by atoms with E-state index in [9.17, 15) is 0 Å². The van der Waals surface area contributed by atoms with Crippen LogP contribution in [0.5, 0.6) is 0 Å². The first-order valence-corrected chi connectivity index (χ1v) is 6.09. The highest BCUT2D eigenvalue weighted by Gasteiger charge is 2.14. The average molecular weight is 220 g/mol. The number of anilines is 2. The van der Waals surface area contributed by atoms with Crippen LogP contribution in [0.1, 0.15) is 37.9 Å². The molecule has 1 aromatic rings. The van der Waals surface area contributed by atoms with Crippen molar-refractivity contribution in [1.82, 2.24) is 9.97 Å². The van der Waals surface area contributed by atoms with Crippen LogP contribution in [0, 0.1) is 12.8 Å². The molecular weight excluding hydrogens is 200 g/mol. The van der Waals surface area contributed by atoms with Crippen molar-refractivity contribution >= 4 is 11.6 Å². The van der Waals surface area contributed by atoms with Crippen LogP contribution >= 0.6 is 0 Å². The second-order valence-corrected chi connectivity index (χ2v) is 4.59. The fourth-order valence-electron chi connectivity index (χ4n) is 2.38. The normalized spacial score (nSPS) is 16.6. The van der Waals surface area contributed by atoms with Crippen LogP contribution in [-0.2, 0) is 0 Å². The molecule has 0 bridgehead atoms. The van der Waals surface area contributed by atoms with Crippen molar-refractivity contribution in [3.63, 3.8) is 0 Å². The molecule has 4 nitrogen and oxygen atoms in total. The highest BCUT2D eigenvalue weighted by Crippen LogP contribution is 2.27. The summed E-state index contributed by atoms with van der Waals surface area (Å²) < 4.78 is 0. The van der Waals surface area contributed by atoms with E-state index in [1.807, 2.05) is 6.92 Å². The van der Waals surface area contributed by atoms with Crippen LogP contribution in [0.15, 0.2) is 6.07 Å². The van der Waals surface area contributed by atoms with Crippen molar-refractivity contribution in [2.45, 2.75) is 39.0 Å². The van der Waals surface area contributed by atoms with Gasteiger partial charge in [0.15, 0.2) is 0 Å². The van der Waals surface area contributed by atoms with Gasteiger partial charge in [-0.05, 0) is 19.3 Å². The summed E-state index contributed by atoms with van der Waals surface area (Å²) in [5.74, 6) is 3.02. The monoisotopic (exact) mass is 220 g/mol. The molecular formula is C12H20N4. The van der Waals surface area contributed by atoms with E-state index in [0.717, 1.165) is 24.1 Å². The molecule has 0 aromatic carbocycles. The molecule has 16 heavy (non-hydrogen) atoms. The lowest BCUT2D eigenvalue weighted by Gasteiger charge is -2.10. The molecule has 1 saturated carbocycles. The van der Waals surface area contributed by atoms with Crippen molar-refractivity contribution in [3.8, 4) is 0 Å². The molecule has 1 heterocycles. The molecule has 0 radical (unpaired) electrons. The Morgan fingerprint density at radius 2 is 2.12 bits per heavy atom. The van der Waals surface area contributed by atoms with Crippen LogP contribution in [0.2, 0.25) is 0 Å². The number of nitrogens with zero attached hydrogens (tertiary/aromatic N) is 2. The Kier molecular flexibility index (Phi) is 3.59. The maximum Gasteiger partial charge on any atom is 0.131 e. The molecule has 88 valence electrons. The van der Waals surface area contributed by atoms with E-state index in [0.29, 0.717) is 5.82 Å². The van der Waals surface area contributed by atoms with Gasteiger partial charge in [-0.2, -0.15) is 0 Å². The zero-order chi connectivity index (χ0) is 11.4. The van der Waals surface area contributed by atoms with Gasteiger partial charge < -0.3 is 11.1 Å². The van der Waals surface area contributed by atoms with Gasteiger partial charge in [0.2, 0.25) is 0 Å². The third-order valence-electron chi connectivity index (χ3n) is 3.19. The van der Waals surface area contributed by atoms with Crippen LogP contribution < -0.4 is 11.1 Å². The fraction of sp³-hybridized carbons (Fsp3) is 0.667. The second-order valence-electron chi connectivity index (χ2n) is 4.59. The standard InChI is InChI=1S/C12H20N4/c1-9-15-11(13)8-12(16-9)14-7-6-10-4-2-3-5-10/h8,10H,2-7H2,1H3,(H3,13,14,15,16). The Labute approximate surface area is 96.7 Å². The number of rotatable bonds is 4. The van der Waals surface area contributed by atoms with Gasteiger partial charge in [0, 0.05) is 12.6 Å². The van der Waals surface area contributed by atoms with Crippen LogP contribution in [0.3, 0.4) is 0 Å². The van der Waals surface area contributed by atoms with Gasteiger partial charge in [0.1, 0.15) is 17.5 Å². The first-order chi connectivity index (χ1) is 7.74. The van der Waals surface area contributed by atoms with E-state index in [1.54, 1.807) is 6.07 Å². The molecule has 0 spiro atoms. The van der Waals surface area contributed by atoms with E-state index in [1.165, 1.54) is 32.1 Å². The number of hydrogen-bond acceptors (Lipinski definition) is 4. The zero-order valence-electron chi connectivity index (χ0n) is 9.87. The van der Waals surface area contributed by atoms with Gasteiger partial charge in [-0.15, -0.1) is 0 Å². The Balaban J connectivity index is 1.80. The Hall–Kier alpha value is -1.32. The van der Waals surface area contributed by atoms with Gasteiger partial charge >= 0.3 is 0 Å². The smallest absolute Gasteiger partial charge is 0.131 e. The summed E-state index contributed by atoms with van der Waals surface area (Å²) in [6, 6.07) is 1.79. The summed E-state index contributed by atoms with van der Waals surface area (Å²) in [7, 11) is 0. The third kappa shape index (κ3) is 3.08. The topological polar surface area (TPSA) is 63.8 Å². The number of hydrogen-bond donors (Lipinski definition) is 2. The lowest BCUT2D eigenvalue weighted by Crippen LogP contribution is -2.09. The maximum absolute atomic E-state index is 5.66. The summed E-state index contributed by atoms with van der Waals surface area (Å²) in [6.45, 7) is 2.85. The molecule has 0 unspecified atom stereocenters. The molecule has 1 aliphatic rings. The molecule has 4 heteroatoms. The summed E-state index contributed by atoms with van der Waals surface area (Å²) in [5.41, 5.74) is 5.66. The molecule has 1 aliphatic carbocycles. The lowest BCUT2D eigenvalue weighted by molar-refractivity contribution is 0.518. The van der Waals surface area contributed by atoms with E-state index >= 15 is 0 Å². The number of aryl methyl sites for hydroxylation is 1. The molecule has 1 fully saturated rings. The van der Waals surface area contributed by atoms with Crippen LogP contribution in [0.4, 0.5) is 11.6 Å². The van der Waals surface area contributed by atoms with Crippen molar-refractivity contribution in [3.05, 3.63) is 11.9 Å². The summed E-state index contributed by atoms with van der Waals surface area (Å²) in [5, 5.41) is 3.32. The first-order valence-electron chi connectivity index (χ1n) is 6.09. The van der Waals surface area contributed by atoms with Gasteiger partial charge in [-0.3, -0.25) is 0 Å². The minimum absolute atomic E-state index is 0.538. The van der Waals surface area contributed by atoms with E-state index in [-0.39, 0.29) is 0 Å². The summed E-state index contributed by atoms with van der Waals surface area (Å²) >= 11 is 0. The van der Waals surface area contributed by atoms with E-state index in [2.05, 4.69) is 15.3 Å². The fourth-order valence-corrected chi connectivity index (χ4v) is 2.38. The van der Waals surface area contributed by atoms with Crippen molar-refractivity contribution in [1.29, 1.82) is 0 Å². The van der Waals surface area contributed by atoms with E-state index in [4.69, 9.17) is 5.73 Å². The average Bonchev–Trinajstić information content (AvgIpc) is 2.69. The summed E-state index contributed by atoms with van der Waals surface area (Å²) in [4.78, 5) is 8.34. The predicted molar refractivity (Wildman–Crippen MR) is 66.2 cm³/mol. The Morgan fingerprint density at radius 1 is 1.38 bits per heavy atom. The number of nitrogens with one attached hydrogen (secondary N) is 1. The van der Waals surface area contributed by atoms with Gasteiger partial charge in [-0.25, -0.2) is 9.97 Å². The minimum Gasteiger partial charge on any atom is -0.384 e. The Bertz CT molecular complexity index is 325. The molecule has 2 rings (SSSR count). The second kappa shape index (κ2) is 5.14. The van der Waals surface area contributed by atoms with Gasteiger partial charge in [0.05, 0.1) is 0 Å². The molecule has 0 atom stereocenters. The van der Waals surface area contributed by atoms with Crippen LogP contribution in [0.25, 0.3) is 0 Å². The lowest BCUT2D eigenvalue weighted by atomic mass is 10.0. The minimum atomic E-state index is 0.538. The Morgan fingerprint density at radius 3 is 2.81 bits per heavy atom. The SMILES string of the molecule is Cc1nc(N)cc(NCCC2CCCC2)n1. The first kappa shape index (κ1) is 11.2.